The number of nitrogens with one attached hydrogen (secondary N) is 2. The number of hydrogen-bond donors (Lipinski definition) is 4. The molecule has 1 aromatic heterocycles. The second-order valence-corrected chi connectivity index (χ2v) is 5.24. The van der Waals surface area contributed by atoms with Crippen LogP contribution in [0.25, 0.3) is 10.4 Å². The molecular formula is C14H15N3O3S. The van der Waals surface area contributed by atoms with Crippen LogP contribution in [0.15, 0.2) is 41.8 Å². The first-order valence-electron chi connectivity index (χ1n) is 6.24. The molecule has 5 N–H and O–H groups in total. The molecule has 1 aromatic carbocycles. The van der Waals surface area contributed by atoms with Gasteiger partial charge in [-0.15, -0.1) is 11.3 Å². The standard InChI is InChI=1S/C14H15N3O3S/c15-8-11(14(19)17-20)16-13(18)10-5-3-9(4-6-10)12-2-1-7-21-12/h1-7,11,20H,8,15H2,(H,16,18)(H,17,19)/t11-/m0/s1. The number of thiophene rings is 1. The molecule has 6 nitrogen and oxygen atoms in total. The van der Waals surface area contributed by atoms with Crippen molar-refractivity contribution in [2.75, 3.05) is 6.54 Å². The molecule has 0 aliphatic carbocycles. The zero-order chi connectivity index (χ0) is 15.2. The highest BCUT2D eigenvalue weighted by atomic mass is 32.1. The van der Waals surface area contributed by atoms with E-state index in [-0.39, 0.29) is 6.54 Å². The largest absolute Gasteiger partial charge is 0.339 e. The minimum atomic E-state index is -0.973. The maximum absolute atomic E-state index is 12.0. The number of nitrogens with two attached hydrogens (primary N) is 1. The molecule has 7 heteroatoms. The van der Waals surface area contributed by atoms with Crippen LogP contribution in [0.2, 0.25) is 0 Å². The van der Waals surface area contributed by atoms with Gasteiger partial charge in [-0.3, -0.25) is 14.8 Å². The van der Waals surface area contributed by atoms with Gasteiger partial charge in [0.1, 0.15) is 6.04 Å². The Morgan fingerprint density at radius 2 is 1.95 bits per heavy atom. The molecule has 2 aromatic rings. The highest BCUT2D eigenvalue weighted by Gasteiger charge is 2.19. The summed E-state index contributed by atoms with van der Waals surface area (Å²) in [5.41, 5.74) is 8.28. The Bertz CT molecular complexity index is 611. The van der Waals surface area contributed by atoms with Crippen LogP contribution < -0.4 is 16.5 Å². The number of carbonyl (C=O) groups excluding carboxylic acids is 2. The summed E-state index contributed by atoms with van der Waals surface area (Å²) in [6, 6.07) is 10.0. The Hall–Kier alpha value is -2.22. The molecule has 1 atom stereocenters. The van der Waals surface area contributed by atoms with Crippen LogP contribution in [0, 0.1) is 0 Å². The summed E-state index contributed by atoms with van der Waals surface area (Å²) < 4.78 is 0. The maximum Gasteiger partial charge on any atom is 0.267 e. The second kappa shape index (κ2) is 6.98. The fraction of sp³-hybridized carbons (Fsp3) is 0.143. The average Bonchev–Trinajstić information content (AvgIpc) is 3.06. The van der Waals surface area contributed by atoms with Crippen LogP contribution >= 0.6 is 11.3 Å². The van der Waals surface area contributed by atoms with Crippen LogP contribution in [0.3, 0.4) is 0 Å². The van der Waals surface area contributed by atoms with Crippen molar-refractivity contribution >= 4 is 23.2 Å². The molecule has 0 aliphatic rings. The van der Waals surface area contributed by atoms with Crippen molar-refractivity contribution in [1.29, 1.82) is 0 Å². The highest BCUT2D eigenvalue weighted by Crippen LogP contribution is 2.24. The van der Waals surface area contributed by atoms with Gasteiger partial charge in [0, 0.05) is 17.0 Å². The first kappa shape index (κ1) is 15.2. The first-order chi connectivity index (χ1) is 10.2. The van der Waals surface area contributed by atoms with Crippen LogP contribution in [-0.4, -0.2) is 29.6 Å². The number of hydrogen-bond acceptors (Lipinski definition) is 5. The fourth-order valence-corrected chi connectivity index (χ4v) is 2.51. The SMILES string of the molecule is NC[C@H](NC(=O)c1ccc(-c2cccs2)cc1)C(=O)NO. The van der Waals surface area contributed by atoms with E-state index in [9.17, 15) is 9.59 Å². The number of hydroxylamine groups is 1. The quantitative estimate of drug-likeness (QED) is 0.488. The summed E-state index contributed by atoms with van der Waals surface area (Å²) in [4.78, 5) is 24.4. The topological polar surface area (TPSA) is 104 Å². The van der Waals surface area contributed by atoms with E-state index in [0.29, 0.717) is 5.56 Å². The molecular weight excluding hydrogens is 290 g/mol. The molecule has 2 rings (SSSR count). The molecule has 0 spiro atoms. The third-order valence-corrected chi connectivity index (χ3v) is 3.84. The van der Waals surface area contributed by atoms with Gasteiger partial charge in [0.2, 0.25) is 0 Å². The molecule has 21 heavy (non-hydrogen) atoms. The van der Waals surface area contributed by atoms with Crippen molar-refractivity contribution in [3.05, 3.63) is 47.3 Å². The van der Waals surface area contributed by atoms with Crippen molar-refractivity contribution in [2.45, 2.75) is 6.04 Å². The van der Waals surface area contributed by atoms with Gasteiger partial charge in [0.15, 0.2) is 0 Å². The molecule has 0 fully saturated rings. The molecule has 0 saturated heterocycles. The lowest BCUT2D eigenvalue weighted by atomic mass is 10.1. The molecule has 0 bridgehead atoms. The summed E-state index contributed by atoms with van der Waals surface area (Å²) in [7, 11) is 0. The average molecular weight is 305 g/mol. The van der Waals surface area contributed by atoms with E-state index < -0.39 is 17.9 Å². The summed E-state index contributed by atoms with van der Waals surface area (Å²) in [6.07, 6.45) is 0. The smallest absolute Gasteiger partial charge is 0.267 e. The summed E-state index contributed by atoms with van der Waals surface area (Å²) in [6.45, 7) is -0.106. The van der Waals surface area contributed by atoms with Crippen molar-refractivity contribution in [2.24, 2.45) is 5.73 Å². The molecule has 0 saturated carbocycles. The maximum atomic E-state index is 12.0. The van der Waals surface area contributed by atoms with Gasteiger partial charge in [-0.05, 0) is 29.1 Å². The summed E-state index contributed by atoms with van der Waals surface area (Å²) in [5, 5.41) is 13.0. The van der Waals surface area contributed by atoms with Gasteiger partial charge in [0.25, 0.3) is 11.8 Å². The van der Waals surface area contributed by atoms with Crippen molar-refractivity contribution < 1.29 is 14.8 Å². The van der Waals surface area contributed by atoms with Crippen LogP contribution in [0.1, 0.15) is 10.4 Å². The number of rotatable bonds is 5. The zero-order valence-corrected chi connectivity index (χ0v) is 11.9. The van der Waals surface area contributed by atoms with E-state index in [1.54, 1.807) is 23.5 Å². The number of carbonyl (C=O) groups is 2. The number of amides is 2. The minimum Gasteiger partial charge on any atom is -0.339 e. The first-order valence-corrected chi connectivity index (χ1v) is 7.12. The van der Waals surface area contributed by atoms with E-state index in [0.717, 1.165) is 10.4 Å². The van der Waals surface area contributed by atoms with E-state index in [2.05, 4.69) is 5.32 Å². The number of benzene rings is 1. The lowest BCUT2D eigenvalue weighted by molar-refractivity contribution is -0.130. The van der Waals surface area contributed by atoms with E-state index in [1.807, 2.05) is 29.6 Å². The predicted molar refractivity (Wildman–Crippen MR) is 80.0 cm³/mol. The van der Waals surface area contributed by atoms with Gasteiger partial charge < -0.3 is 11.1 Å². The second-order valence-electron chi connectivity index (χ2n) is 4.29. The summed E-state index contributed by atoms with van der Waals surface area (Å²) >= 11 is 1.61. The zero-order valence-electron chi connectivity index (χ0n) is 11.1. The van der Waals surface area contributed by atoms with Crippen LogP contribution in [0.4, 0.5) is 0 Å². The van der Waals surface area contributed by atoms with Gasteiger partial charge in [-0.1, -0.05) is 18.2 Å². The lowest BCUT2D eigenvalue weighted by Crippen LogP contribution is -2.50. The van der Waals surface area contributed by atoms with Crippen molar-refractivity contribution in [3.8, 4) is 10.4 Å². The Kier molecular flexibility index (Phi) is 5.04. The van der Waals surface area contributed by atoms with Crippen LogP contribution in [0.5, 0.6) is 0 Å². The molecule has 0 aliphatic heterocycles. The fourth-order valence-electron chi connectivity index (χ4n) is 1.78. The van der Waals surface area contributed by atoms with Gasteiger partial charge >= 0.3 is 0 Å². The normalized spacial score (nSPS) is 11.7. The molecule has 2 amide bonds. The predicted octanol–water partition coefficient (Wildman–Crippen LogP) is 0.978. The third-order valence-electron chi connectivity index (χ3n) is 2.92. The van der Waals surface area contributed by atoms with Gasteiger partial charge in [-0.25, -0.2) is 5.48 Å². The van der Waals surface area contributed by atoms with E-state index >= 15 is 0 Å². The lowest BCUT2D eigenvalue weighted by Gasteiger charge is -2.14. The Balaban J connectivity index is 2.08. The van der Waals surface area contributed by atoms with Crippen LogP contribution in [-0.2, 0) is 4.79 Å². The molecule has 110 valence electrons. The highest BCUT2D eigenvalue weighted by molar-refractivity contribution is 7.13. The molecule has 0 radical (unpaired) electrons. The Labute approximate surface area is 125 Å². The molecule has 1 heterocycles. The van der Waals surface area contributed by atoms with E-state index in [4.69, 9.17) is 10.9 Å². The van der Waals surface area contributed by atoms with Crippen molar-refractivity contribution in [3.63, 3.8) is 0 Å². The van der Waals surface area contributed by atoms with E-state index in [1.165, 1.54) is 5.48 Å². The Morgan fingerprint density at radius 3 is 2.48 bits per heavy atom. The summed E-state index contributed by atoms with van der Waals surface area (Å²) in [5.74, 6) is -1.17. The van der Waals surface area contributed by atoms with Gasteiger partial charge in [0.05, 0.1) is 0 Å². The molecule has 0 unspecified atom stereocenters. The third kappa shape index (κ3) is 3.66. The Morgan fingerprint density at radius 1 is 1.24 bits per heavy atom. The monoisotopic (exact) mass is 305 g/mol. The minimum absolute atomic E-state index is 0.106. The van der Waals surface area contributed by atoms with Crippen molar-refractivity contribution in [1.82, 2.24) is 10.8 Å². The van der Waals surface area contributed by atoms with Gasteiger partial charge in [-0.2, -0.15) is 0 Å².